The van der Waals surface area contributed by atoms with Crippen LogP contribution in [0.4, 0.5) is 10.1 Å². The van der Waals surface area contributed by atoms with Gasteiger partial charge < -0.3 is 10.4 Å². The van der Waals surface area contributed by atoms with E-state index in [9.17, 15) is 9.50 Å². The van der Waals surface area contributed by atoms with E-state index in [1.54, 1.807) is 12.1 Å². The van der Waals surface area contributed by atoms with Gasteiger partial charge in [-0.2, -0.15) is 0 Å². The monoisotopic (exact) mass is 209 g/mol. The summed E-state index contributed by atoms with van der Waals surface area (Å²) in [4.78, 5) is 0. The lowest BCUT2D eigenvalue weighted by molar-refractivity contribution is 0.116. The van der Waals surface area contributed by atoms with Crippen LogP contribution in [0.25, 0.3) is 0 Å². The number of halogens is 1. The molecular formula is C12H16FNO. The summed E-state index contributed by atoms with van der Waals surface area (Å²) in [5.41, 5.74) is 0.877. The van der Waals surface area contributed by atoms with E-state index in [4.69, 9.17) is 0 Å². The Bertz CT molecular complexity index is 312. The van der Waals surface area contributed by atoms with Crippen molar-refractivity contribution in [3.8, 4) is 0 Å². The van der Waals surface area contributed by atoms with Gasteiger partial charge in [-0.05, 0) is 37.1 Å². The first-order chi connectivity index (χ1) is 7.25. The molecule has 0 saturated heterocycles. The maximum atomic E-state index is 12.7. The average molecular weight is 209 g/mol. The van der Waals surface area contributed by atoms with Crippen LogP contribution in [0.5, 0.6) is 0 Å². The molecule has 3 heteroatoms. The zero-order valence-corrected chi connectivity index (χ0v) is 8.62. The average Bonchev–Trinajstić information content (AvgIpc) is 2.25. The Balaban J connectivity index is 1.98. The smallest absolute Gasteiger partial charge is 0.123 e. The minimum atomic E-state index is -0.274. The van der Waals surface area contributed by atoms with Gasteiger partial charge in [0.05, 0.1) is 12.1 Å². The van der Waals surface area contributed by atoms with E-state index in [0.717, 1.165) is 31.4 Å². The van der Waals surface area contributed by atoms with Crippen molar-refractivity contribution in [3.63, 3.8) is 0 Å². The van der Waals surface area contributed by atoms with Crippen molar-refractivity contribution in [3.05, 3.63) is 30.1 Å². The van der Waals surface area contributed by atoms with E-state index in [1.165, 1.54) is 12.1 Å². The zero-order valence-electron chi connectivity index (χ0n) is 8.62. The minimum Gasteiger partial charge on any atom is -0.391 e. The van der Waals surface area contributed by atoms with Gasteiger partial charge in [-0.3, -0.25) is 0 Å². The lowest BCUT2D eigenvalue weighted by Crippen LogP contribution is -2.36. The van der Waals surface area contributed by atoms with E-state index in [2.05, 4.69) is 5.32 Å². The van der Waals surface area contributed by atoms with Gasteiger partial charge >= 0.3 is 0 Å². The Morgan fingerprint density at radius 1 is 1.13 bits per heavy atom. The van der Waals surface area contributed by atoms with Gasteiger partial charge in [0.25, 0.3) is 0 Å². The molecule has 0 bridgehead atoms. The fourth-order valence-electron chi connectivity index (χ4n) is 2.04. The lowest BCUT2D eigenvalue weighted by atomic mass is 9.92. The molecule has 1 aromatic carbocycles. The molecule has 2 rings (SSSR count). The second-order valence-corrected chi connectivity index (χ2v) is 4.11. The third-order valence-electron chi connectivity index (χ3n) is 2.93. The molecule has 1 fully saturated rings. The molecule has 82 valence electrons. The third-order valence-corrected chi connectivity index (χ3v) is 2.93. The molecule has 2 atom stereocenters. The number of anilines is 1. The highest BCUT2D eigenvalue weighted by molar-refractivity contribution is 5.44. The SMILES string of the molecule is O[C@H]1CCCC[C@H]1Nc1ccc(F)cc1. The van der Waals surface area contributed by atoms with E-state index < -0.39 is 0 Å². The first-order valence-corrected chi connectivity index (χ1v) is 5.46. The van der Waals surface area contributed by atoms with Crippen molar-refractivity contribution in [2.24, 2.45) is 0 Å². The van der Waals surface area contributed by atoms with Crippen LogP contribution in [-0.2, 0) is 0 Å². The Morgan fingerprint density at radius 2 is 1.80 bits per heavy atom. The maximum absolute atomic E-state index is 12.7. The Hall–Kier alpha value is -1.09. The number of nitrogens with one attached hydrogen (secondary N) is 1. The number of rotatable bonds is 2. The van der Waals surface area contributed by atoms with Gasteiger partial charge in [-0.25, -0.2) is 4.39 Å². The highest BCUT2D eigenvalue weighted by atomic mass is 19.1. The van der Waals surface area contributed by atoms with E-state index in [1.807, 2.05) is 0 Å². The maximum Gasteiger partial charge on any atom is 0.123 e. The van der Waals surface area contributed by atoms with Gasteiger partial charge in [-0.1, -0.05) is 12.8 Å². The summed E-state index contributed by atoms with van der Waals surface area (Å²) in [7, 11) is 0. The minimum absolute atomic E-state index is 0.115. The lowest BCUT2D eigenvalue weighted by Gasteiger charge is -2.29. The van der Waals surface area contributed by atoms with Crippen LogP contribution in [0.15, 0.2) is 24.3 Å². The molecule has 1 aliphatic rings. The molecule has 1 aromatic rings. The van der Waals surface area contributed by atoms with Crippen LogP contribution in [0.1, 0.15) is 25.7 Å². The Kier molecular flexibility index (Phi) is 3.21. The summed E-state index contributed by atoms with van der Waals surface area (Å²) in [5, 5.41) is 13.0. The van der Waals surface area contributed by atoms with Crippen LogP contribution < -0.4 is 5.32 Å². The Morgan fingerprint density at radius 3 is 2.47 bits per heavy atom. The summed E-state index contributed by atoms with van der Waals surface area (Å²) in [6.07, 6.45) is 3.82. The molecule has 0 spiro atoms. The number of aliphatic hydroxyl groups excluding tert-OH is 1. The molecule has 2 nitrogen and oxygen atoms in total. The van der Waals surface area contributed by atoms with E-state index in [0.29, 0.717) is 0 Å². The summed E-state index contributed by atoms with van der Waals surface area (Å²) >= 11 is 0. The molecule has 0 amide bonds. The molecule has 0 unspecified atom stereocenters. The molecule has 15 heavy (non-hydrogen) atoms. The number of aliphatic hydroxyl groups is 1. The third kappa shape index (κ3) is 2.69. The van der Waals surface area contributed by atoms with Crippen molar-refractivity contribution in [2.45, 2.75) is 37.8 Å². The molecule has 0 heterocycles. The molecule has 1 saturated carbocycles. The van der Waals surface area contributed by atoms with Crippen LogP contribution in [0, 0.1) is 5.82 Å². The highest BCUT2D eigenvalue weighted by Gasteiger charge is 2.22. The highest BCUT2D eigenvalue weighted by Crippen LogP contribution is 2.22. The van der Waals surface area contributed by atoms with Gasteiger partial charge in [0, 0.05) is 5.69 Å². The molecule has 1 aliphatic carbocycles. The van der Waals surface area contributed by atoms with E-state index in [-0.39, 0.29) is 18.0 Å². The van der Waals surface area contributed by atoms with E-state index >= 15 is 0 Å². The van der Waals surface area contributed by atoms with Crippen molar-refractivity contribution in [2.75, 3.05) is 5.32 Å². The number of hydrogen-bond acceptors (Lipinski definition) is 2. The predicted molar refractivity (Wildman–Crippen MR) is 58.3 cm³/mol. The largest absolute Gasteiger partial charge is 0.391 e. The van der Waals surface area contributed by atoms with Crippen LogP contribution in [0.3, 0.4) is 0 Å². The topological polar surface area (TPSA) is 32.3 Å². The van der Waals surface area contributed by atoms with Gasteiger partial charge in [0.1, 0.15) is 5.82 Å². The number of benzene rings is 1. The predicted octanol–water partition coefficient (Wildman–Crippen LogP) is 2.54. The molecule has 0 aromatic heterocycles. The molecule has 0 aliphatic heterocycles. The summed E-state index contributed by atoms with van der Waals surface area (Å²) < 4.78 is 12.7. The summed E-state index contributed by atoms with van der Waals surface area (Å²) in [6.45, 7) is 0. The van der Waals surface area contributed by atoms with Crippen molar-refractivity contribution in [1.82, 2.24) is 0 Å². The van der Waals surface area contributed by atoms with Gasteiger partial charge in [0.2, 0.25) is 0 Å². The van der Waals surface area contributed by atoms with Crippen molar-refractivity contribution >= 4 is 5.69 Å². The quantitative estimate of drug-likeness (QED) is 0.784. The van der Waals surface area contributed by atoms with Crippen molar-refractivity contribution in [1.29, 1.82) is 0 Å². The molecule has 0 radical (unpaired) electrons. The fraction of sp³-hybridized carbons (Fsp3) is 0.500. The second kappa shape index (κ2) is 4.62. The van der Waals surface area contributed by atoms with Crippen molar-refractivity contribution < 1.29 is 9.50 Å². The van der Waals surface area contributed by atoms with Crippen LogP contribution >= 0.6 is 0 Å². The Labute approximate surface area is 89.1 Å². The second-order valence-electron chi connectivity index (χ2n) is 4.11. The van der Waals surface area contributed by atoms with Gasteiger partial charge in [0.15, 0.2) is 0 Å². The first-order valence-electron chi connectivity index (χ1n) is 5.46. The normalized spacial score (nSPS) is 26.3. The molecular weight excluding hydrogens is 193 g/mol. The summed E-state index contributed by atoms with van der Waals surface area (Å²) in [5.74, 6) is -0.232. The van der Waals surface area contributed by atoms with Crippen LogP contribution in [-0.4, -0.2) is 17.3 Å². The summed E-state index contributed by atoms with van der Waals surface area (Å²) in [6, 6.07) is 6.38. The first kappa shape index (κ1) is 10.4. The van der Waals surface area contributed by atoms with Crippen LogP contribution in [0.2, 0.25) is 0 Å². The molecule has 2 N–H and O–H groups in total. The number of hydrogen-bond donors (Lipinski definition) is 2. The standard InChI is InChI=1S/C12H16FNO/c13-9-5-7-10(8-6-9)14-11-3-1-2-4-12(11)15/h5-8,11-12,14-15H,1-4H2/t11-,12+/m1/s1. The zero-order chi connectivity index (χ0) is 10.7. The fourth-order valence-corrected chi connectivity index (χ4v) is 2.04. The van der Waals surface area contributed by atoms with Gasteiger partial charge in [-0.15, -0.1) is 0 Å².